The SMILES string of the molecule is CCOOP(=O)(CC(C)=O)OOCC. The smallest absolute Gasteiger partial charge is 0.299 e. The molecule has 84 valence electrons. The van der Waals surface area contributed by atoms with Gasteiger partial charge in [-0.25, -0.2) is 9.78 Å². The molecule has 0 spiro atoms. The highest BCUT2D eigenvalue weighted by molar-refractivity contribution is 7.54. The molecule has 0 radical (unpaired) electrons. The topological polar surface area (TPSA) is 71.1 Å². The van der Waals surface area contributed by atoms with Crippen LogP contribution in [0.25, 0.3) is 0 Å². The zero-order valence-electron chi connectivity index (χ0n) is 8.52. The Hall–Kier alpha value is -0.260. The van der Waals surface area contributed by atoms with Gasteiger partial charge >= 0.3 is 7.60 Å². The van der Waals surface area contributed by atoms with Crippen LogP contribution >= 0.6 is 7.60 Å². The normalized spacial score (nSPS) is 11.6. The van der Waals surface area contributed by atoms with Crippen LogP contribution in [0, 0.1) is 0 Å². The minimum atomic E-state index is -3.60. The molecule has 0 saturated heterocycles. The summed E-state index contributed by atoms with van der Waals surface area (Å²) in [6, 6.07) is 0. The maximum absolute atomic E-state index is 11.6. The van der Waals surface area contributed by atoms with Gasteiger partial charge in [-0.3, -0.25) is 9.36 Å². The molecule has 0 atom stereocenters. The molecule has 0 fully saturated rings. The van der Waals surface area contributed by atoms with Crippen molar-refractivity contribution in [3.63, 3.8) is 0 Å². The van der Waals surface area contributed by atoms with Gasteiger partial charge in [0.15, 0.2) is 0 Å². The Balaban J connectivity index is 4.18. The third-order valence-corrected chi connectivity index (χ3v) is 2.48. The van der Waals surface area contributed by atoms with E-state index in [4.69, 9.17) is 0 Å². The summed E-state index contributed by atoms with van der Waals surface area (Å²) in [4.78, 5) is 19.7. The van der Waals surface area contributed by atoms with Gasteiger partial charge in [-0.15, -0.1) is 9.35 Å². The molecule has 0 aliphatic heterocycles. The van der Waals surface area contributed by atoms with Crippen molar-refractivity contribution in [1.82, 2.24) is 0 Å². The predicted octanol–water partition coefficient (Wildman–Crippen LogP) is 1.70. The predicted molar refractivity (Wildman–Crippen MR) is 48.6 cm³/mol. The first-order valence-corrected chi connectivity index (χ1v) is 5.97. The molecular weight excluding hydrogens is 211 g/mol. The summed E-state index contributed by atoms with van der Waals surface area (Å²) in [5, 5.41) is 0. The molecule has 0 amide bonds. The maximum Gasteiger partial charge on any atom is 0.391 e. The number of carbonyl (C=O) groups is 1. The number of rotatable bonds is 8. The van der Waals surface area contributed by atoms with Gasteiger partial charge in [-0.1, -0.05) is 0 Å². The molecule has 0 heterocycles. The van der Waals surface area contributed by atoms with E-state index in [9.17, 15) is 9.36 Å². The largest absolute Gasteiger partial charge is 0.391 e. The van der Waals surface area contributed by atoms with Crippen LogP contribution in [0.4, 0.5) is 0 Å². The van der Waals surface area contributed by atoms with Gasteiger partial charge in [-0.05, 0) is 20.8 Å². The fourth-order valence-corrected chi connectivity index (χ4v) is 1.81. The first-order chi connectivity index (χ1) is 6.54. The monoisotopic (exact) mass is 226 g/mol. The van der Waals surface area contributed by atoms with Crippen LogP contribution in [0.5, 0.6) is 0 Å². The van der Waals surface area contributed by atoms with Crippen LogP contribution in [0.15, 0.2) is 0 Å². The molecule has 0 bridgehead atoms. The number of hydrogen-bond donors (Lipinski definition) is 0. The van der Waals surface area contributed by atoms with Crippen molar-refractivity contribution in [3.05, 3.63) is 0 Å². The highest BCUT2D eigenvalue weighted by Crippen LogP contribution is 2.48. The Labute approximate surface area is 82.9 Å². The summed E-state index contributed by atoms with van der Waals surface area (Å²) in [7, 11) is -3.60. The van der Waals surface area contributed by atoms with E-state index in [1.807, 2.05) is 0 Å². The van der Waals surface area contributed by atoms with E-state index in [2.05, 4.69) is 19.1 Å². The van der Waals surface area contributed by atoms with Gasteiger partial charge in [0.1, 0.15) is 11.9 Å². The second-order valence-corrected chi connectivity index (χ2v) is 4.27. The molecule has 0 aromatic carbocycles. The van der Waals surface area contributed by atoms with Gasteiger partial charge in [-0.2, -0.15) is 0 Å². The van der Waals surface area contributed by atoms with E-state index in [-0.39, 0.29) is 25.2 Å². The van der Waals surface area contributed by atoms with E-state index in [1.165, 1.54) is 6.92 Å². The number of hydrogen-bond acceptors (Lipinski definition) is 6. The zero-order valence-corrected chi connectivity index (χ0v) is 9.41. The summed E-state index contributed by atoms with van der Waals surface area (Å²) in [6.07, 6.45) is -0.368. The molecule has 14 heavy (non-hydrogen) atoms. The van der Waals surface area contributed by atoms with Crippen LogP contribution in [-0.2, 0) is 28.5 Å². The highest BCUT2D eigenvalue weighted by atomic mass is 31.2. The summed E-state index contributed by atoms with van der Waals surface area (Å²) < 4.78 is 20.6. The van der Waals surface area contributed by atoms with Crippen molar-refractivity contribution in [1.29, 1.82) is 0 Å². The quantitative estimate of drug-likeness (QED) is 0.356. The van der Waals surface area contributed by atoms with Crippen LogP contribution in [0.1, 0.15) is 20.8 Å². The molecule has 0 aliphatic rings. The summed E-state index contributed by atoms with van der Waals surface area (Å²) in [6.45, 7) is 4.99. The second-order valence-electron chi connectivity index (χ2n) is 2.43. The standard InChI is InChI=1S/C7H15O6P/c1-4-10-12-14(9,6-7(3)8)13-11-5-2/h4-6H2,1-3H3. The Morgan fingerprint density at radius 3 is 1.86 bits per heavy atom. The lowest BCUT2D eigenvalue weighted by Gasteiger charge is -2.13. The molecule has 6 nitrogen and oxygen atoms in total. The van der Waals surface area contributed by atoms with Gasteiger partial charge in [0.2, 0.25) is 0 Å². The third-order valence-electron chi connectivity index (χ3n) is 0.985. The minimum absolute atomic E-state index is 0.206. The molecule has 7 heteroatoms. The third kappa shape index (κ3) is 6.23. The zero-order chi connectivity index (χ0) is 11.0. The lowest BCUT2D eigenvalue weighted by molar-refractivity contribution is -0.262. The summed E-state index contributed by atoms with van der Waals surface area (Å²) >= 11 is 0. The van der Waals surface area contributed by atoms with E-state index in [1.54, 1.807) is 13.8 Å². The average molecular weight is 226 g/mol. The first-order valence-electron chi connectivity index (χ1n) is 4.25. The van der Waals surface area contributed by atoms with Crippen molar-refractivity contribution < 1.29 is 28.5 Å². The van der Waals surface area contributed by atoms with Crippen molar-refractivity contribution in [3.8, 4) is 0 Å². The van der Waals surface area contributed by atoms with Crippen molar-refractivity contribution >= 4 is 13.4 Å². The van der Waals surface area contributed by atoms with Gasteiger partial charge < -0.3 is 0 Å². The fourth-order valence-electron chi connectivity index (χ4n) is 0.604. The molecule has 0 rings (SSSR count). The van der Waals surface area contributed by atoms with Crippen LogP contribution in [0.2, 0.25) is 0 Å². The van der Waals surface area contributed by atoms with Gasteiger partial charge in [0, 0.05) is 0 Å². The Morgan fingerprint density at radius 1 is 1.14 bits per heavy atom. The minimum Gasteiger partial charge on any atom is -0.299 e. The van der Waals surface area contributed by atoms with Gasteiger partial charge in [0.25, 0.3) is 0 Å². The lowest BCUT2D eigenvalue weighted by Crippen LogP contribution is -2.07. The van der Waals surface area contributed by atoms with E-state index < -0.39 is 7.60 Å². The van der Waals surface area contributed by atoms with Crippen LogP contribution in [-0.4, -0.2) is 25.2 Å². The second kappa shape index (κ2) is 7.09. The van der Waals surface area contributed by atoms with Crippen molar-refractivity contribution in [2.45, 2.75) is 20.8 Å². The fraction of sp³-hybridized carbons (Fsp3) is 0.857. The molecule has 0 unspecified atom stereocenters. The Kier molecular flexibility index (Phi) is 6.96. The van der Waals surface area contributed by atoms with E-state index in [0.29, 0.717) is 0 Å². The van der Waals surface area contributed by atoms with E-state index in [0.717, 1.165) is 0 Å². The van der Waals surface area contributed by atoms with E-state index >= 15 is 0 Å². The Bertz CT molecular complexity index is 204. The number of Topliss-reactive ketones (excluding diaryl/α,β-unsaturated/α-hetero) is 1. The summed E-state index contributed by atoms with van der Waals surface area (Å²) in [5.74, 6) is -0.326. The molecule has 0 N–H and O–H groups in total. The Morgan fingerprint density at radius 2 is 1.57 bits per heavy atom. The van der Waals surface area contributed by atoms with Crippen molar-refractivity contribution in [2.75, 3.05) is 19.4 Å². The molecule has 0 aliphatic carbocycles. The van der Waals surface area contributed by atoms with Crippen LogP contribution in [0.3, 0.4) is 0 Å². The average Bonchev–Trinajstić information content (AvgIpc) is 2.11. The molecule has 0 saturated carbocycles. The maximum atomic E-state index is 11.6. The molecule has 0 aromatic heterocycles. The summed E-state index contributed by atoms with van der Waals surface area (Å²) in [5.41, 5.74) is 0. The number of carbonyl (C=O) groups excluding carboxylic acids is 1. The highest BCUT2D eigenvalue weighted by Gasteiger charge is 2.29. The molecular formula is C7H15O6P. The molecule has 0 aromatic rings. The van der Waals surface area contributed by atoms with Crippen LogP contribution < -0.4 is 0 Å². The lowest BCUT2D eigenvalue weighted by atomic mass is 10.5. The first kappa shape index (κ1) is 13.7. The number of ketones is 1. The van der Waals surface area contributed by atoms with Crippen molar-refractivity contribution in [2.24, 2.45) is 0 Å². The van der Waals surface area contributed by atoms with Gasteiger partial charge in [0.05, 0.1) is 13.2 Å².